The van der Waals surface area contributed by atoms with Gasteiger partial charge in [0.15, 0.2) is 0 Å². The number of halogens is 1. The fraction of sp³-hybridized carbons (Fsp3) is 0.263. The van der Waals surface area contributed by atoms with Gasteiger partial charge < -0.3 is 0 Å². The van der Waals surface area contributed by atoms with Crippen LogP contribution < -0.4 is 4.31 Å². The summed E-state index contributed by atoms with van der Waals surface area (Å²) in [5.74, 6) is 5.97. The molecule has 2 aromatic carbocycles. The maximum Gasteiger partial charge on any atom is 0.265 e. The van der Waals surface area contributed by atoms with Crippen LogP contribution in [0.15, 0.2) is 53.4 Å². The van der Waals surface area contributed by atoms with Crippen LogP contribution in [-0.2, 0) is 10.0 Å². The monoisotopic (exact) mass is 468 g/mol. The summed E-state index contributed by atoms with van der Waals surface area (Å²) >= 11 is 2.20. The van der Waals surface area contributed by atoms with Gasteiger partial charge in [-0.3, -0.25) is 9.21 Å². The molecule has 0 atom stereocenters. The maximum absolute atomic E-state index is 13.1. The second-order valence-corrected chi connectivity index (χ2v) is 9.00. The van der Waals surface area contributed by atoms with Crippen LogP contribution in [-0.4, -0.2) is 40.5 Å². The summed E-state index contributed by atoms with van der Waals surface area (Å²) in [5.41, 5.74) is 1.63. The highest BCUT2D eigenvalue weighted by Crippen LogP contribution is 2.24. The van der Waals surface area contributed by atoms with Crippen LogP contribution in [0.25, 0.3) is 0 Å². The molecule has 0 saturated heterocycles. The van der Waals surface area contributed by atoms with Gasteiger partial charge in [-0.1, -0.05) is 29.5 Å². The van der Waals surface area contributed by atoms with E-state index in [1.54, 1.807) is 36.4 Å². The Kier molecular flexibility index (Phi) is 6.87. The standard InChI is InChI=1S/C19H21IN2O2S/c1-16-6-12-19(13-7-16)25(23,24)22(15-5-4-14-21(2)3)18-10-8-17(20)9-11-18/h6-13H,14-15H2,1-3H3. The number of nitrogens with zero attached hydrogens (tertiary/aromatic N) is 2. The number of anilines is 1. The summed E-state index contributed by atoms with van der Waals surface area (Å²) < 4.78 is 28.6. The van der Waals surface area contributed by atoms with E-state index in [-0.39, 0.29) is 11.4 Å². The van der Waals surface area contributed by atoms with Gasteiger partial charge in [0, 0.05) is 3.57 Å². The van der Waals surface area contributed by atoms with Crippen LogP contribution in [0.2, 0.25) is 0 Å². The molecule has 0 fully saturated rings. The van der Waals surface area contributed by atoms with Crippen molar-refractivity contribution >= 4 is 38.3 Å². The maximum atomic E-state index is 13.1. The van der Waals surface area contributed by atoms with Crippen molar-refractivity contribution in [2.45, 2.75) is 11.8 Å². The van der Waals surface area contributed by atoms with E-state index in [4.69, 9.17) is 0 Å². The molecule has 0 N–H and O–H groups in total. The molecule has 0 aliphatic rings. The van der Waals surface area contributed by atoms with Crippen molar-refractivity contribution in [1.29, 1.82) is 0 Å². The Hall–Kier alpha value is -1.56. The molecule has 0 saturated carbocycles. The zero-order valence-corrected chi connectivity index (χ0v) is 17.5. The molecule has 0 heterocycles. The molecule has 0 aliphatic carbocycles. The summed E-state index contributed by atoms with van der Waals surface area (Å²) in [6.45, 7) is 2.63. The lowest BCUT2D eigenvalue weighted by Crippen LogP contribution is -2.31. The van der Waals surface area contributed by atoms with E-state index in [2.05, 4.69) is 34.4 Å². The van der Waals surface area contributed by atoms with Crippen molar-refractivity contribution in [2.24, 2.45) is 0 Å². The van der Waals surface area contributed by atoms with Gasteiger partial charge in [0.05, 0.1) is 23.7 Å². The SMILES string of the molecule is Cc1ccc(S(=O)(=O)N(CC#CCN(C)C)c2ccc(I)cc2)cc1. The first-order chi connectivity index (χ1) is 11.8. The number of rotatable bonds is 5. The van der Waals surface area contributed by atoms with Crippen molar-refractivity contribution in [3.8, 4) is 11.8 Å². The lowest BCUT2D eigenvalue weighted by molar-refractivity contribution is 0.464. The van der Waals surface area contributed by atoms with Crippen LogP contribution in [0, 0.1) is 22.3 Å². The second-order valence-electron chi connectivity index (χ2n) is 5.89. The zero-order valence-electron chi connectivity index (χ0n) is 14.5. The topological polar surface area (TPSA) is 40.6 Å². The predicted octanol–water partition coefficient (Wildman–Crippen LogP) is 3.36. The Bertz CT molecular complexity index is 864. The fourth-order valence-corrected chi connectivity index (χ4v) is 3.83. The van der Waals surface area contributed by atoms with Gasteiger partial charge >= 0.3 is 0 Å². The van der Waals surface area contributed by atoms with Gasteiger partial charge in [0.1, 0.15) is 0 Å². The third-order valence-corrected chi connectivity index (χ3v) is 5.97. The van der Waals surface area contributed by atoms with Crippen LogP contribution in [0.4, 0.5) is 5.69 Å². The lowest BCUT2D eigenvalue weighted by Gasteiger charge is -2.22. The minimum atomic E-state index is -3.67. The van der Waals surface area contributed by atoms with Gasteiger partial charge in [-0.15, -0.1) is 0 Å². The summed E-state index contributed by atoms with van der Waals surface area (Å²) in [6.07, 6.45) is 0. The number of sulfonamides is 1. The highest BCUT2D eigenvalue weighted by Gasteiger charge is 2.24. The third kappa shape index (κ3) is 5.46. The highest BCUT2D eigenvalue weighted by atomic mass is 127. The Morgan fingerprint density at radius 3 is 2.04 bits per heavy atom. The number of hydrogen-bond acceptors (Lipinski definition) is 3. The zero-order chi connectivity index (χ0) is 18.4. The van der Waals surface area contributed by atoms with E-state index in [9.17, 15) is 8.42 Å². The smallest absolute Gasteiger partial charge is 0.265 e. The molecule has 132 valence electrons. The summed E-state index contributed by atoms with van der Waals surface area (Å²) in [7, 11) is 0.181. The Balaban J connectivity index is 2.40. The first-order valence-corrected chi connectivity index (χ1v) is 10.3. The van der Waals surface area contributed by atoms with Gasteiger partial charge in [-0.05, 0) is 80.0 Å². The Morgan fingerprint density at radius 2 is 1.48 bits per heavy atom. The van der Waals surface area contributed by atoms with Gasteiger partial charge in [0.2, 0.25) is 0 Å². The number of hydrogen-bond donors (Lipinski definition) is 0. The van der Waals surface area contributed by atoms with E-state index < -0.39 is 10.0 Å². The molecule has 2 aromatic rings. The Labute approximate surface area is 164 Å². The largest absolute Gasteiger partial charge is 0.299 e. The molecule has 0 unspecified atom stereocenters. The minimum absolute atomic E-state index is 0.116. The van der Waals surface area contributed by atoms with Crippen molar-refractivity contribution in [3.63, 3.8) is 0 Å². The summed E-state index contributed by atoms with van der Waals surface area (Å²) in [4.78, 5) is 2.21. The third-order valence-electron chi connectivity index (χ3n) is 3.47. The predicted molar refractivity (Wildman–Crippen MR) is 111 cm³/mol. The van der Waals surface area contributed by atoms with Crippen molar-refractivity contribution in [2.75, 3.05) is 31.5 Å². The van der Waals surface area contributed by atoms with E-state index in [1.165, 1.54) is 4.31 Å². The molecule has 0 radical (unpaired) electrons. The first-order valence-electron chi connectivity index (χ1n) is 7.76. The second kappa shape index (κ2) is 8.70. The van der Waals surface area contributed by atoms with E-state index in [1.807, 2.05) is 38.1 Å². The van der Waals surface area contributed by atoms with Crippen molar-refractivity contribution in [3.05, 3.63) is 57.7 Å². The first kappa shape index (κ1) is 19.8. The molecular weight excluding hydrogens is 447 g/mol. The minimum Gasteiger partial charge on any atom is -0.299 e. The quantitative estimate of drug-likeness (QED) is 0.499. The molecule has 0 aliphatic heterocycles. The van der Waals surface area contributed by atoms with E-state index in [0.717, 1.165) is 9.13 Å². The average molecular weight is 468 g/mol. The van der Waals surface area contributed by atoms with Crippen molar-refractivity contribution in [1.82, 2.24) is 4.90 Å². The van der Waals surface area contributed by atoms with Gasteiger partial charge in [-0.2, -0.15) is 0 Å². The molecule has 0 spiro atoms. The molecule has 0 bridgehead atoms. The van der Waals surface area contributed by atoms with Crippen molar-refractivity contribution < 1.29 is 8.42 Å². The molecule has 0 aromatic heterocycles. The highest BCUT2D eigenvalue weighted by molar-refractivity contribution is 14.1. The van der Waals surface area contributed by atoms with E-state index >= 15 is 0 Å². The molecular formula is C19H21IN2O2S. The normalized spacial score (nSPS) is 11.1. The Morgan fingerprint density at radius 1 is 0.920 bits per heavy atom. The summed E-state index contributed by atoms with van der Waals surface area (Å²) in [6, 6.07) is 14.3. The van der Waals surface area contributed by atoms with E-state index in [0.29, 0.717) is 12.2 Å². The van der Waals surface area contributed by atoms with Gasteiger partial charge in [0.25, 0.3) is 10.0 Å². The fourth-order valence-electron chi connectivity index (χ4n) is 2.10. The number of aryl methyl sites for hydroxylation is 1. The molecule has 25 heavy (non-hydrogen) atoms. The molecule has 4 nitrogen and oxygen atoms in total. The molecule has 6 heteroatoms. The molecule has 0 amide bonds. The summed E-state index contributed by atoms with van der Waals surface area (Å²) in [5, 5.41) is 0. The number of benzene rings is 2. The average Bonchev–Trinajstić information content (AvgIpc) is 2.56. The van der Waals surface area contributed by atoms with Crippen LogP contribution in [0.3, 0.4) is 0 Å². The lowest BCUT2D eigenvalue weighted by atomic mass is 10.2. The van der Waals surface area contributed by atoms with Crippen LogP contribution in [0.5, 0.6) is 0 Å². The van der Waals surface area contributed by atoms with Gasteiger partial charge in [-0.25, -0.2) is 8.42 Å². The van der Waals surface area contributed by atoms with Crippen LogP contribution in [0.1, 0.15) is 5.56 Å². The molecule has 2 rings (SSSR count). The van der Waals surface area contributed by atoms with Crippen LogP contribution >= 0.6 is 22.6 Å².